The Hall–Kier alpha value is -2.88. The number of hydrogen-bond donors (Lipinski definition) is 2. The molecule has 0 saturated carbocycles. The first-order valence-corrected chi connectivity index (χ1v) is 6.56. The van der Waals surface area contributed by atoms with Crippen LogP contribution in [0.25, 0.3) is 21.9 Å². The van der Waals surface area contributed by atoms with Crippen LogP contribution in [0.2, 0.25) is 0 Å². The van der Waals surface area contributed by atoms with E-state index >= 15 is 0 Å². The molecule has 1 heterocycles. The second-order valence-corrected chi connectivity index (χ2v) is 4.88. The Bertz CT molecular complexity index is 880. The third-order valence-electron chi connectivity index (χ3n) is 3.39. The third kappa shape index (κ3) is 2.69. The Morgan fingerprint density at radius 2 is 1.86 bits per heavy atom. The smallest absolute Gasteiger partial charge is 0.307 e. The van der Waals surface area contributed by atoms with Crippen LogP contribution in [0, 0.1) is 0 Å². The highest BCUT2D eigenvalue weighted by Gasteiger charge is 2.05. The molecule has 0 aliphatic rings. The SMILES string of the molecule is O=C(O)Cc1cccc(-c2ccc3cc[nH]c(=O)c3c2)c1. The molecule has 0 radical (unpaired) electrons. The summed E-state index contributed by atoms with van der Waals surface area (Å²) >= 11 is 0. The molecule has 0 saturated heterocycles. The lowest BCUT2D eigenvalue weighted by atomic mass is 9.99. The number of aliphatic carboxylic acids is 1. The normalized spacial score (nSPS) is 10.7. The van der Waals surface area contributed by atoms with Crippen molar-refractivity contribution in [2.45, 2.75) is 6.42 Å². The molecule has 104 valence electrons. The summed E-state index contributed by atoms with van der Waals surface area (Å²) in [6.45, 7) is 0. The van der Waals surface area contributed by atoms with Crippen molar-refractivity contribution in [3.63, 3.8) is 0 Å². The number of aromatic amines is 1. The highest BCUT2D eigenvalue weighted by Crippen LogP contribution is 2.23. The Morgan fingerprint density at radius 1 is 1.05 bits per heavy atom. The Morgan fingerprint density at radius 3 is 2.67 bits per heavy atom. The zero-order chi connectivity index (χ0) is 14.8. The van der Waals surface area contributed by atoms with Crippen LogP contribution in [0.5, 0.6) is 0 Å². The number of carbonyl (C=O) groups is 1. The van der Waals surface area contributed by atoms with Crippen LogP contribution in [0.3, 0.4) is 0 Å². The molecule has 4 nitrogen and oxygen atoms in total. The number of nitrogens with one attached hydrogen (secondary N) is 1. The number of hydrogen-bond acceptors (Lipinski definition) is 2. The molecular formula is C17H13NO3. The number of aromatic nitrogens is 1. The van der Waals surface area contributed by atoms with E-state index in [2.05, 4.69) is 4.98 Å². The van der Waals surface area contributed by atoms with Crippen LogP contribution < -0.4 is 5.56 Å². The molecule has 3 rings (SSSR count). The average molecular weight is 279 g/mol. The summed E-state index contributed by atoms with van der Waals surface area (Å²) in [5.74, 6) is -0.859. The Labute approximate surface area is 120 Å². The summed E-state index contributed by atoms with van der Waals surface area (Å²) in [5, 5.41) is 10.4. The minimum atomic E-state index is -0.859. The topological polar surface area (TPSA) is 70.2 Å². The summed E-state index contributed by atoms with van der Waals surface area (Å²) in [6.07, 6.45) is 1.61. The minimum absolute atomic E-state index is 0.0119. The number of H-pyrrole nitrogens is 1. The summed E-state index contributed by atoms with van der Waals surface area (Å²) in [7, 11) is 0. The molecule has 1 aromatic heterocycles. The molecule has 2 aromatic carbocycles. The molecule has 0 aliphatic carbocycles. The molecule has 0 fully saturated rings. The van der Waals surface area contributed by atoms with Gasteiger partial charge in [0.25, 0.3) is 5.56 Å². The first-order chi connectivity index (χ1) is 10.1. The van der Waals surface area contributed by atoms with Gasteiger partial charge in [0.2, 0.25) is 0 Å². The molecule has 0 aliphatic heterocycles. The predicted molar refractivity (Wildman–Crippen MR) is 81.3 cm³/mol. The average Bonchev–Trinajstić information content (AvgIpc) is 2.47. The fraction of sp³-hybridized carbons (Fsp3) is 0.0588. The van der Waals surface area contributed by atoms with Gasteiger partial charge in [0.1, 0.15) is 0 Å². The molecule has 0 spiro atoms. The highest BCUT2D eigenvalue weighted by atomic mass is 16.4. The van der Waals surface area contributed by atoms with Gasteiger partial charge in [0.05, 0.1) is 6.42 Å². The molecule has 4 heteroatoms. The number of benzene rings is 2. The molecular weight excluding hydrogens is 266 g/mol. The summed E-state index contributed by atoms with van der Waals surface area (Å²) < 4.78 is 0. The second kappa shape index (κ2) is 5.25. The van der Waals surface area contributed by atoms with Gasteiger partial charge in [0, 0.05) is 11.6 Å². The maximum absolute atomic E-state index is 11.8. The number of carboxylic acid groups (broad SMARTS) is 1. The standard InChI is InChI=1S/C17H13NO3/c19-16(20)9-11-2-1-3-13(8-11)14-5-4-12-6-7-18-17(21)15(12)10-14/h1-8,10H,9H2,(H,18,21)(H,19,20). The first kappa shape index (κ1) is 13.1. The van der Waals surface area contributed by atoms with E-state index in [-0.39, 0.29) is 12.0 Å². The number of pyridine rings is 1. The minimum Gasteiger partial charge on any atom is -0.481 e. The zero-order valence-electron chi connectivity index (χ0n) is 11.2. The van der Waals surface area contributed by atoms with Gasteiger partial charge in [-0.25, -0.2) is 0 Å². The first-order valence-electron chi connectivity index (χ1n) is 6.56. The van der Waals surface area contributed by atoms with Gasteiger partial charge in [-0.3, -0.25) is 9.59 Å². The zero-order valence-corrected chi connectivity index (χ0v) is 11.2. The van der Waals surface area contributed by atoms with Gasteiger partial charge in [-0.1, -0.05) is 36.4 Å². The van der Waals surface area contributed by atoms with Crippen molar-refractivity contribution in [3.05, 3.63) is 70.6 Å². The maximum atomic E-state index is 11.8. The van der Waals surface area contributed by atoms with E-state index in [0.29, 0.717) is 5.39 Å². The summed E-state index contributed by atoms with van der Waals surface area (Å²) in [5.41, 5.74) is 2.41. The van der Waals surface area contributed by atoms with E-state index in [1.54, 1.807) is 12.3 Å². The van der Waals surface area contributed by atoms with Crippen molar-refractivity contribution in [2.24, 2.45) is 0 Å². The largest absolute Gasteiger partial charge is 0.481 e. The number of carboxylic acids is 1. The highest BCUT2D eigenvalue weighted by molar-refractivity contribution is 5.86. The van der Waals surface area contributed by atoms with Gasteiger partial charge in [0.15, 0.2) is 0 Å². The van der Waals surface area contributed by atoms with Crippen LogP contribution in [0.1, 0.15) is 5.56 Å². The Balaban J connectivity index is 2.10. The van der Waals surface area contributed by atoms with E-state index in [1.165, 1.54) is 0 Å². The van der Waals surface area contributed by atoms with E-state index < -0.39 is 5.97 Å². The molecule has 0 bridgehead atoms. The van der Waals surface area contributed by atoms with Crippen LogP contribution >= 0.6 is 0 Å². The van der Waals surface area contributed by atoms with E-state index in [9.17, 15) is 9.59 Å². The molecule has 3 aromatic rings. The monoisotopic (exact) mass is 279 g/mol. The van der Waals surface area contributed by atoms with Crippen LogP contribution in [0.4, 0.5) is 0 Å². The van der Waals surface area contributed by atoms with E-state index in [4.69, 9.17) is 5.11 Å². The summed E-state index contributed by atoms with van der Waals surface area (Å²) in [4.78, 5) is 25.3. The van der Waals surface area contributed by atoms with Crippen molar-refractivity contribution < 1.29 is 9.90 Å². The molecule has 21 heavy (non-hydrogen) atoms. The number of fused-ring (bicyclic) bond motifs is 1. The molecule has 2 N–H and O–H groups in total. The van der Waals surface area contributed by atoms with Crippen LogP contribution in [-0.4, -0.2) is 16.1 Å². The van der Waals surface area contributed by atoms with E-state index in [1.807, 2.05) is 42.5 Å². The fourth-order valence-electron chi connectivity index (χ4n) is 2.40. The van der Waals surface area contributed by atoms with Gasteiger partial charge in [-0.15, -0.1) is 0 Å². The molecule has 0 atom stereocenters. The molecule has 0 unspecified atom stereocenters. The predicted octanol–water partition coefficient (Wildman–Crippen LogP) is 2.82. The van der Waals surface area contributed by atoms with Gasteiger partial charge >= 0.3 is 5.97 Å². The van der Waals surface area contributed by atoms with Crippen molar-refractivity contribution >= 4 is 16.7 Å². The quantitative estimate of drug-likeness (QED) is 0.774. The maximum Gasteiger partial charge on any atom is 0.307 e. The summed E-state index contributed by atoms with van der Waals surface area (Å²) in [6, 6.07) is 14.9. The van der Waals surface area contributed by atoms with Crippen molar-refractivity contribution in [2.75, 3.05) is 0 Å². The van der Waals surface area contributed by atoms with Gasteiger partial charge in [-0.2, -0.15) is 0 Å². The second-order valence-electron chi connectivity index (χ2n) is 4.88. The fourth-order valence-corrected chi connectivity index (χ4v) is 2.40. The lowest BCUT2D eigenvalue weighted by Gasteiger charge is -2.05. The third-order valence-corrected chi connectivity index (χ3v) is 3.39. The van der Waals surface area contributed by atoms with Crippen molar-refractivity contribution in [1.82, 2.24) is 4.98 Å². The molecule has 0 amide bonds. The van der Waals surface area contributed by atoms with Crippen LogP contribution in [0.15, 0.2) is 59.5 Å². The van der Waals surface area contributed by atoms with Crippen molar-refractivity contribution in [1.29, 1.82) is 0 Å². The van der Waals surface area contributed by atoms with Crippen molar-refractivity contribution in [3.8, 4) is 11.1 Å². The Kier molecular flexibility index (Phi) is 3.28. The van der Waals surface area contributed by atoms with E-state index in [0.717, 1.165) is 22.1 Å². The van der Waals surface area contributed by atoms with Gasteiger partial charge in [-0.05, 0) is 34.2 Å². The van der Waals surface area contributed by atoms with Crippen LogP contribution in [-0.2, 0) is 11.2 Å². The number of rotatable bonds is 3. The lowest BCUT2D eigenvalue weighted by Crippen LogP contribution is -2.04. The lowest BCUT2D eigenvalue weighted by molar-refractivity contribution is -0.136. The van der Waals surface area contributed by atoms with Gasteiger partial charge < -0.3 is 10.1 Å².